The molecule has 2 aliphatic carbocycles. The molecule has 2 aliphatic heterocycles. The molecule has 4 aliphatic rings. The Labute approximate surface area is 444 Å². The van der Waals surface area contributed by atoms with Crippen LogP contribution in [0.3, 0.4) is 0 Å². The van der Waals surface area contributed by atoms with Crippen molar-refractivity contribution in [3.05, 3.63) is 141 Å². The van der Waals surface area contributed by atoms with Crippen molar-refractivity contribution in [2.24, 2.45) is 11.3 Å². The summed E-state index contributed by atoms with van der Waals surface area (Å²) in [6.07, 6.45) is 10.3. The molecule has 1 atom stereocenters. The summed E-state index contributed by atoms with van der Waals surface area (Å²) in [5.74, 6) is 0.822. The molecular formula is C57H67ClN8O8S. The van der Waals surface area contributed by atoms with E-state index in [1.807, 2.05) is 31.2 Å². The maximum atomic E-state index is 14.1. The second-order valence-electron chi connectivity index (χ2n) is 21.9. The van der Waals surface area contributed by atoms with E-state index in [0.29, 0.717) is 53.5 Å². The molecule has 396 valence electrons. The highest BCUT2D eigenvalue weighted by atomic mass is 35.5. The third-order valence-corrected chi connectivity index (χ3v) is 18.0. The standard InChI is InChI=1S/C57H67ClN8O8S/c1-37(2)45-7-5-6-8-46(45)51-36-63(35-39-9-13-48(58)53(27-39)73-4)25-26-65(51)42-31-57(32-42)20-23-64(24-21-57)41-10-12-47(52(29-41)74-43-28-40-17-22-59-54(40)61-34-43)55(67)62-75(71,72)44-11-14-49(50(30-44)66(69)70)60-33-38-15-18-56(3,68)19-16-38/h5-14,17,22,27-30,34,37-38,42,51,60,68H,15-16,18-21,23-26,31-33,35-36H2,1-4H3,(H,59,61)(H,62,67)/t38-,51?,56-. The monoisotopic (exact) mass is 1060 g/mol. The van der Waals surface area contributed by atoms with Gasteiger partial charge in [-0.1, -0.05) is 55.8 Å². The number of rotatable bonds is 16. The van der Waals surface area contributed by atoms with Gasteiger partial charge in [-0.05, 0) is 141 Å². The SMILES string of the molecule is COc1cc(CN2CCN(C3CC4(CCN(c5ccc(C(=O)NS(=O)(=O)c6ccc(NC[C@H]7CC[C@](C)(O)CC7)c([N+](=O)[O-])c6)c(Oc6cnc7[nH]ccc7c6)c5)CC4)C3)C(c3ccccc3C(C)C)C2)ccc1Cl. The lowest BCUT2D eigenvalue weighted by Crippen LogP contribution is -2.60. The molecule has 2 aromatic heterocycles. The van der Waals surface area contributed by atoms with Gasteiger partial charge in [0.15, 0.2) is 0 Å². The van der Waals surface area contributed by atoms with Crippen LogP contribution in [0.2, 0.25) is 5.02 Å². The van der Waals surface area contributed by atoms with Gasteiger partial charge in [-0.2, -0.15) is 0 Å². The maximum absolute atomic E-state index is 14.1. The first kappa shape index (κ1) is 52.2. The maximum Gasteiger partial charge on any atom is 0.293 e. The average molecular weight is 1060 g/mol. The van der Waals surface area contributed by atoms with Crippen LogP contribution in [-0.4, -0.2) is 102 Å². The number of fused-ring (bicyclic) bond motifs is 1. The van der Waals surface area contributed by atoms with Crippen molar-refractivity contribution in [1.82, 2.24) is 24.5 Å². The van der Waals surface area contributed by atoms with Gasteiger partial charge in [0.25, 0.3) is 21.6 Å². The number of ether oxygens (including phenoxy) is 2. The minimum atomic E-state index is -4.59. The van der Waals surface area contributed by atoms with Crippen LogP contribution in [0.25, 0.3) is 11.0 Å². The topological polar surface area (TPSA) is 195 Å². The zero-order valence-electron chi connectivity index (χ0n) is 43.1. The highest BCUT2D eigenvalue weighted by molar-refractivity contribution is 7.90. The Morgan fingerprint density at radius 1 is 0.960 bits per heavy atom. The molecule has 75 heavy (non-hydrogen) atoms. The summed E-state index contributed by atoms with van der Waals surface area (Å²) in [5, 5.41) is 27.1. The number of methoxy groups -OCH3 is 1. The van der Waals surface area contributed by atoms with E-state index in [1.54, 1.807) is 31.5 Å². The lowest BCUT2D eigenvalue weighted by atomic mass is 9.59. The second-order valence-corrected chi connectivity index (χ2v) is 23.9. The van der Waals surface area contributed by atoms with E-state index in [4.69, 9.17) is 21.1 Å². The molecule has 16 nitrogen and oxygen atoms in total. The quantitative estimate of drug-likeness (QED) is 0.0529. The number of benzene rings is 4. The molecule has 1 amide bonds. The number of aliphatic hydroxyl groups is 1. The summed E-state index contributed by atoms with van der Waals surface area (Å²) in [6.45, 7) is 12.1. The number of nitrogens with zero attached hydrogens (tertiary/aromatic N) is 5. The van der Waals surface area contributed by atoms with Gasteiger partial charge in [0.1, 0.15) is 28.6 Å². The van der Waals surface area contributed by atoms with Crippen molar-refractivity contribution >= 4 is 55.6 Å². The summed E-state index contributed by atoms with van der Waals surface area (Å²) < 4.78 is 41.8. The van der Waals surface area contributed by atoms with Gasteiger partial charge < -0.3 is 29.8 Å². The average Bonchev–Trinajstić information content (AvgIpc) is 3.86. The van der Waals surface area contributed by atoms with Gasteiger partial charge in [-0.25, -0.2) is 18.1 Å². The Bertz CT molecular complexity index is 3180. The smallest absolute Gasteiger partial charge is 0.293 e. The summed E-state index contributed by atoms with van der Waals surface area (Å²) in [5.41, 5.74) is 4.68. The van der Waals surface area contributed by atoms with Crippen LogP contribution in [-0.2, 0) is 16.6 Å². The fourth-order valence-electron chi connectivity index (χ4n) is 12.0. The number of nitrogens with one attached hydrogen (secondary N) is 3. The number of amides is 1. The minimum Gasteiger partial charge on any atom is -0.495 e. The number of pyridine rings is 1. The molecule has 0 bridgehead atoms. The van der Waals surface area contributed by atoms with E-state index in [9.17, 15) is 28.4 Å². The van der Waals surface area contributed by atoms with Crippen molar-refractivity contribution in [2.45, 2.75) is 107 Å². The normalized spacial score (nSPS) is 21.5. The summed E-state index contributed by atoms with van der Waals surface area (Å²) in [4.78, 5) is 40.5. The molecule has 2 saturated heterocycles. The predicted molar refractivity (Wildman–Crippen MR) is 292 cm³/mol. The van der Waals surface area contributed by atoms with Gasteiger partial charge in [0, 0.05) is 87.3 Å². The molecule has 4 heterocycles. The molecule has 1 unspecified atom stereocenters. The van der Waals surface area contributed by atoms with E-state index in [-0.39, 0.29) is 34.4 Å². The van der Waals surface area contributed by atoms with Crippen LogP contribution in [0.1, 0.15) is 111 Å². The molecule has 1 spiro atoms. The summed E-state index contributed by atoms with van der Waals surface area (Å²) in [7, 11) is -2.94. The zero-order valence-corrected chi connectivity index (χ0v) is 44.6. The predicted octanol–water partition coefficient (Wildman–Crippen LogP) is 10.8. The Morgan fingerprint density at radius 2 is 1.73 bits per heavy atom. The summed E-state index contributed by atoms with van der Waals surface area (Å²) >= 11 is 6.39. The van der Waals surface area contributed by atoms with Crippen molar-refractivity contribution in [2.75, 3.05) is 56.6 Å². The number of hydrogen-bond donors (Lipinski definition) is 4. The third-order valence-electron chi connectivity index (χ3n) is 16.4. The first-order valence-electron chi connectivity index (χ1n) is 26.2. The Morgan fingerprint density at radius 3 is 2.48 bits per heavy atom. The number of sulfonamides is 1. The molecule has 4 fully saturated rings. The number of aromatic nitrogens is 2. The zero-order chi connectivity index (χ0) is 52.6. The van der Waals surface area contributed by atoms with Crippen LogP contribution in [0.5, 0.6) is 17.2 Å². The number of piperidine rings is 1. The van der Waals surface area contributed by atoms with Crippen LogP contribution in [0.15, 0.2) is 108 Å². The largest absolute Gasteiger partial charge is 0.495 e. The Balaban J connectivity index is 0.832. The van der Waals surface area contributed by atoms with Crippen LogP contribution in [0, 0.1) is 21.4 Å². The first-order chi connectivity index (χ1) is 35.9. The van der Waals surface area contributed by atoms with Crippen molar-refractivity contribution in [3.63, 3.8) is 0 Å². The Hall–Kier alpha value is -6.24. The fourth-order valence-corrected chi connectivity index (χ4v) is 13.2. The van der Waals surface area contributed by atoms with Crippen LogP contribution >= 0.6 is 11.6 Å². The highest BCUT2D eigenvalue weighted by Gasteiger charge is 2.50. The highest BCUT2D eigenvalue weighted by Crippen LogP contribution is 2.53. The number of carbonyl (C=O) groups excluding carboxylic acids is 1. The number of H-pyrrole nitrogens is 1. The van der Waals surface area contributed by atoms with Crippen LogP contribution < -0.4 is 24.4 Å². The Kier molecular flexibility index (Phi) is 14.9. The van der Waals surface area contributed by atoms with E-state index in [0.717, 1.165) is 94.9 Å². The molecular weight excluding hydrogens is 992 g/mol. The number of aromatic amines is 1. The van der Waals surface area contributed by atoms with E-state index >= 15 is 0 Å². The van der Waals surface area contributed by atoms with Gasteiger partial charge in [-0.15, -0.1) is 0 Å². The number of nitro benzene ring substituents is 1. The molecule has 2 saturated carbocycles. The van der Waals surface area contributed by atoms with E-state index < -0.39 is 37.0 Å². The lowest BCUT2D eigenvalue weighted by Gasteiger charge is -2.58. The van der Waals surface area contributed by atoms with Crippen LogP contribution in [0.4, 0.5) is 17.1 Å². The molecule has 18 heteroatoms. The molecule has 4 N–H and O–H groups in total. The lowest BCUT2D eigenvalue weighted by molar-refractivity contribution is -0.384. The summed E-state index contributed by atoms with van der Waals surface area (Å²) in [6, 6.07) is 28.1. The third kappa shape index (κ3) is 11.5. The van der Waals surface area contributed by atoms with E-state index in [1.165, 1.54) is 35.0 Å². The minimum absolute atomic E-state index is 0.0346. The molecule has 6 aromatic rings. The van der Waals surface area contributed by atoms with Gasteiger partial charge in [-0.3, -0.25) is 24.7 Å². The number of hydrogen-bond acceptors (Lipinski definition) is 13. The fraction of sp³-hybridized carbons (Fsp3) is 0.439. The van der Waals surface area contributed by atoms with Crippen molar-refractivity contribution in [3.8, 4) is 17.2 Å². The number of carbonyl (C=O) groups is 1. The van der Waals surface area contributed by atoms with Crippen molar-refractivity contribution < 1.29 is 32.7 Å². The van der Waals surface area contributed by atoms with E-state index in [2.05, 4.69) is 78.9 Å². The molecule has 0 radical (unpaired) electrons. The molecule has 10 rings (SSSR count). The van der Waals surface area contributed by atoms with Crippen molar-refractivity contribution in [1.29, 1.82) is 0 Å². The van der Waals surface area contributed by atoms with Gasteiger partial charge in [0.05, 0.1) is 39.3 Å². The van der Waals surface area contributed by atoms with Gasteiger partial charge in [0.2, 0.25) is 0 Å². The number of anilines is 2. The number of halogens is 1. The number of piperazine rings is 1. The van der Waals surface area contributed by atoms with Gasteiger partial charge >= 0.3 is 0 Å². The second kappa shape index (κ2) is 21.4. The first-order valence-corrected chi connectivity index (χ1v) is 28.0. The number of nitro groups is 1. The molecule has 4 aromatic carbocycles.